The molecule has 122 valence electrons. The van der Waals surface area contributed by atoms with E-state index in [1.54, 1.807) is 19.2 Å². The van der Waals surface area contributed by atoms with Gasteiger partial charge in [-0.3, -0.25) is 14.9 Å². The van der Waals surface area contributed by atoms with Crippen molar-refractivity contribution in [2.24, 2.45) is 5.92 Å². The summed E-state index contributed by atoms with van der Waals surface area (Å²) in [6.45, 7) is 4.12. The van der Waals surface area contributed by atoms with Crippen molar-refractivity contribution in [2.45, 2.75) is 45.5 Å². The van der Waals surface area contributed by atoms with Gasteiger partial charge in [-0.15, -0.1) is 0 Å². The van der Waals surface area contributed by atoms with E-state index in [0.717, 1.165) is 0 Å². The van der Waals surface area contributed by atoms with Crippen LogP contribution in [0.25, 0.3) is 0 Å². The highest BCUT2D eigenvalue weighted by Crippen LogP contribution is 2.30. The number of nitrogens with one attached hydrogen (secondary N) is 2. The second-order valence-corrected chi connectivity index (χ2v) is 5.18. The Labute approximate surface area is 120 Å². The monoisotopic (exact) mass is 312 g/mol. The Morgan fingerprint density at radius 2 is 1.67 bits per heavy atom. The molecule has 0 aromatic heterocycles. The Morgan fingerprint density at radius 1 is 1.19 bits per heavy atom. The molecule has 0 aromatic carbocycles. The van der Waals surface area contributed by atoms with E-state index in [2.05, 4.69) is 5.32 Å². The molecule has 0 saturated heterocycles. The van der Waals surface area contributed by atoms with Gasteiger partial charge >= 0.3 is 12.1 Å². The van der Waals surface area contributed by atoms with E-state index >= 15 is 0 Å². The number of halogens is 3. The highest BCUT2D eigenvalue weighted by molar-refractivity contribution is 5.89. The molecule has 0 aliphatic carbocycles. The van der Waals surface area contributed by atoms with Gasteiger partial charge in [0.2, 0.25) is 11.4 Å². The molecular formula is C12H19F3N2O4. The number of carboxylic acids is 1. The smallest absolute Gasteiger partial charge is 0.417 e. The largest absolute Gasteiger partial charge is 0.480 e. The topological polar surface area (TPSA) is 95.5 Å². The quantitative estimate of drug-likeness (QED) is 0.643. The molecule has 2 unspecified atom stereocenters. The minimum atomic E-state index is -5.07. The molecule has 0 aliphatic heterocycles. The molecule has 9 heteroatoms. The van der Waals surface area contributed by atoms with Crippen LogP contribution in [0.5, 0.6) is 0 Å². The molecule has 0 radical (unpaired) electrons. The van der Waals surface area contributed by atoms with E-state index in [1.165, 1.54) is 6.92 Å². The molecule has 3 N–H and O–H groups in total. The maximum absolute atomic E-state index is 12.7. The third-order valence-electron chi connectivity index (χ3n) is 3.02. The number of hydrogen-bond donors (Lipinski definition) is 3. The molecular weight excluding hydrogens is 293 g/mol. The summed E-state index contributed by atoms with van der Waals surface area (Å²) in [5.41, 5.74) is -3.24. The molecule has 0 aliphatic rings. The number of carbonyl (C=O) groups is 3. The van der Waals surface area contributed by atoms with E-state index in [-0.39, 0.29) is 11.7 Å². The van der Waals surface area contributed by atoms with Crippen LogP contribution in [0.1, 0.15) is 27.7 Å². The van der Waals surface area contributed by atoms with Gasteiger partial charge in [0.15, 0.2) is 5.78 Å². The van der Waals surface area contributed by atoms with Crippen LogP contribution >= 0.6 is 0 Å². The molecule has 0 fully saturated rings. The van der Waals surface area contributed by atoms with Crippen molar-refractivity contribution in [1.29, 1.82) is 0 Å². The zero-order chi connectivity index (χ0) is 17.0. The summed E-state index contributed by atoms with van der Waals surface area (Å²) in [5, 5.41) is 12.6. The van der Waals surface area contributed by atoms with Crippen LogP contribution < -0.4 is 10.6 Å². The molecule has 0 heterocycles. The highest BCUT2D eigenvalue weighted by Gasteiger charge is 2.57. The van der Waals surface area contributed by atoms with Gasteiger partial charge < -0.3 is 10.4 Å². The van der Waals surface area contributed by atoms with Crippen molar-refractivity contribution in [1.82, 2.24) is 10.6 Å². The first-order valence-electron chi connectivity index (χ1n) is 6.18. The van der Waals surface area contributed by atoms with Crippen LogP contribution in [0.3, 0.4) is 0 Å². The van der Waals surface area contributed by atoms with Gasteiger partial charge in [0.1, 0.15) is 0 Å². The summed E-state index contributed by atoms with van der Waals surface area (Å²) in [5.74, 6) is -3.61. The lowest BCUT2D eigenvalue weighted by Crippen LogP contribution is -2.62. The predicted molar refractivity (Wildman–Crippen MR) is 67.5 cm³/mol. The molecule has 21 heavy (non-hydrogen) atoms. The minimum Gasteiger partial charge on any atom is -0.480 e. The predicted octanol–water partition coefficient (Wildman–Crippen LogP) is 0.711. The van der Waals surface area contributed by atoms with Crippen LogP contribution in [0.2, 0.25) is 0 Å². The van der Waals surface area contributed by atoms with Crippen molar-refractivity contribution in [2.75, 3.05) is 6.54 Å². The summed E-state index contributed by atoms with van der Waals surface area (Å²) >= 11 is 0. The van der Waals surface area contributed by atoms with Gasteiger partial charge in [-0.1, -0.05) is 13.8 Å². The summed E-state index contributed by atoms with van der Waals surface area (Å²) in [7, 11) is 0. The van der Waals surface area contributed by atoms with Crippen molar-refractivity contribution in [3.63, 3.8) is 0 Å². The average Bonchev–Trinajstić information content (AvgIpc) is 2.30. The summed E-state index contributed by atoms with van der Waals surface area (Å²) in [6, 6.07) is -0.832. The zero-order valence-electron chi connectivity index (χ0n) is 12.2. The zero-order valence-corrected chi connectivity index (χ0v) is 12.2. The fourth-order valence-electron chi connectivity index (χ4n) is 1.52. The number of aliphatic carboxylic acids is 1. The summed E-state index contributed by atoms with van der Waals surface area (Å²) < 4.78 is 38.1. The number of Topliss-reactive ketones (excluding diaryl/α,β-unsaturated/α-hetero) is 1. The second kappa shape index (κ2) is 6.88. The van der Waals surface area contributed by atoms with Gasteiger partial charge in [0, 0.05) is 0 Å². The number of hydrogen-bond acceptors (Lipinski definition) is 4. The summed E-state index contributed by atoms with van der Waals surface area (Å²) in [6.07, 6.45) is -5.07. The van der Waals surface area contributed by atoms with E-state index in [0.29, 0.717) is 6.92 Å². The van der Waals surface area contributed by atoms with Crippen molar-refractivity contribution in [3.8, 4) is 0 Å². The first-order chi connectivity index (χ1) is 9.33. The Bertz CT molecular complexity index is 423. The Kier molecular flexibility index (Phi) is 6.34. The van der Waals surface area contributed by atoms with E-state index in [9.17, 15) is 27.6 Å². The fourth-order valence-corrected chi connectivity index (χ4v) is 1.52. The molecule has 0 aromatic rings. The molecule has 1 amide bonds. The van der Waals surface area contributed by atoms with Crippen LogP contribution in [0.15, 0.2) is 0 Å². The highest BCUT2D eigenvalue weighted by atomic mass is 19.4. The van der Waals surface area contributed by atoms with E-state index in [4.69, 9.17) is 5.11 Å². The molecule has 0 bridgehead atoms. The van der Waals surface area contributed by atoms with Crippen molar-refractivity contribution < 1.29 is 32.7 Å². The maximum atomic E-state index is 12.7. The third kappa shape index (κ3) is 5.00. The second-order valence-electron chi connectivity index (χ2n) is 5.18. The van der Waals surface area contributed by atoms with Gasteiger partial charge in [0.05, 0.1) is 12.6 Å². The lowest BCUT2D eigenvalue weighted by Gasteiger charge is -2.29. The van der Waals surface area contributed by atoms with E-state index in [1.807, 2.05) is 0 Å². The molecule has 2 atom stereocenters. The standard InChI is InChI=1S/C12H19F3N2O4/c1-6(2)9(7(3)18)17-8(19)5-16-11(4,10(20)21)12(13,14)15/h6,9,16H,5H2,1-4H3,(H,17,19)(H,20,21). The SMILES string of the molecule is CC(=O)C(NC(=O)CNC(C)(C(=O)O)C(F)(F)F)C(C)C. The number of carbonyl (C=O) groups excluding carboxylic acids is 2. The van der Waals surface area contributed by atoms with Crippen LogP contribution in [0.4, 0.5) is 13.2 Å². The number of carboxylic acid groups (broad SMARTS) is 1. The lowest BCUT2D eigenvalue weighted by molar-refractivity contribution is -0.205. The average molecular weight is 312 g/mol. The van der Waals surface area contributed by atoms with Gasteiger partial charge in [-0.25, -0.2) is 4.79 Å². The fraction of sp³-hybridized carbons (Fsp3) is 0.750. The number of rotatable bonds is 7. The summed E-state index contributed by atoms with van der Waals surface area (Å²) in [4.78, 5) is 33.6. The van der Waals surface area contributed by atoms with Gasteiger partial charge in [0.25, 0.3) is 0 Å². The van der Waals surface area contributed by atoms with Crippen LogP contribution in [-0.4, -0.2) is 47.1 Å². The lowest BCUT2D eigenvalue weighted by atomic mass is 10.0. The maximum Gasteiger partial charge on any atom is 0.417 e. The Hall–Kier alpha value is -1.64. The number of alkyl halides is 3. The minimum absolute atomic E-state index is 0.236. The first kappa shape index (κ1) is 19.4. The van der Waals surface area contributed by atoms with Gasteiger partial charge in [-0.2, -0.15) is 13.2 Å². The van der Waals surface area contributed by atoms with Crippen LogP contribution in [-0.2, 0) is 14.4 Å². The van der Waals surface area contributed by atoms with Crippen molar-refractivity contribution in [3.05, 3.63) is 0 Å². The number of ketones is 1. The Balaban J connectivity index is 4.81. The van der Waals surface area contributed by atoms with Crippen molar-refractivity contribution >= 4 is 17.7 Å². The molecule has 0 saturated carbocycles. The van der Waals surface area contributed by atoms with E-state index < -0.39 is 36.2 Å². The third-order valence-corrected chi connectivity index (χ3v) is 3.02. The molecule has 0 spiro atoms. The van der Waals surface area contributed by atoms with Gasteiger partial charge in [-0.05, 0) is 19.8 Å². The molecule has 6 nitrogen and oxygen atoms in total. The van der Waals surface area contributed by atoms with Crippen LogP contribution in [0, 0.1) is 5.92 Å². The Morgan fingerprint density at radius 3 is 1.95 bits per heavy atom. The normalized spacial score (nSPS) is 16.2. The number of amides is 1. The first-order valence-corrected chi connectivity index (χ1v) is 6.18. The molecule has 0 rings (SSSR count).